The molecule has 4 rings (SSSR count). The first-order valence-electron chi connectivity index (χ1n) is 12.3. The van der Waals surface area contributed by atoms with Crippen LogP contribution < -0.4 is 14.3 Å². The zero-order valence-corrected chi connectivity index (χ0v) is 24.2. The lowest BCUT2D eigenvalue weighted by molar-refractivity contribution is -0.114. The predicted octanol–water partition coefficient (Wildman–Crippen LogP) is 5.85. The molecule has 0 aliphatic rings. The third kappa shape index (κ3) is 7.01. The smallest absolute Gasteiger partial charge is 0.264 e. The number of carbonyl (C=O) groups excluding carboxylic acids is 1. The Morgan fingerprint density at radius 1 is 0.750 bits per heavy atom. The molecule has 208 valence electrons. The number of carbonyl (C=O) groups is 1. The first kappa shape index (κ1) is 29.1. The van der Waals surface area contributed by atoms with Crippen LogP contribution in [0.3, 0.4) is 0 Å². The largest absolute Gasteiger partial charge is 0.325 e. The van der Waals surface area contributed by atoms with Crippen molar-refractivity contribution >= 4 is 54.6 Å². The number of rotatable bonds is 10. The van der Waals surface area contributed by atoms with Gasteiger partial charge < -0.3 is 5.32 Å². The lowest BCUT2D eigenvalue weighted by Gasteiger charge is -2.24. The molecule has 0 aromatic heterocycles. The fourth-order valence-electron chi connectivity index (χ4n) is 3.83. The molecule has 8 nitrogen and oxygen atoms in total. The van der Waals surface area contributed by atoms with Crippen molar-refractivity contribution < 1.29 is 21.6 Å². The van der Waals surface area contributed by atoms with Crippen molar-refractivity contribution in [3.05, 3.63) is 113 Å². The van der Waals surface area contributed by atoms with Crippen LogP contribution in [0.2, 0.25) is 5.02 Å². The number of hydrogen-bond donors (Lipinski definition) is 2. The van der Waals surface area contributed by atoms with E-state index in [0.29, 0.717) is 22.1 Å². The van der Waals surface area contributed by atoms with Crippen LogP contribution in [0.4, 0.5) is 17.1 Å². The van der Waals surface area contributed by atoms with E-state index in [9.17, 15) is 21.6 Å². The van der Waals surface area contributed by atoms with E-state index in [4.69, 9.17) is 11.6 Å². The Hall–Kier alpha value is -3.86. The Labute approximate surface area is 239 Å². The minimum Gasteiger partial charge on any atom is -0.325 e. The first-order valence-corrected chi connectivity index (χ1v) is 15.6. The molecule has 0 radical (unpaired) electrons. The molecule has 0 aliphatic heterocycles. The lowest BCUT2D eigenvalue weighted by atomic mass is 10.1. The van der Waals surface area contributed by atoms with Crippen molar-refractivity contribution in [2.75, 3.05) is 20.9 Å². The number of hydrogen-bond acceptors (Lipinski definition) is 5. The first-order chi connectivity index (χ1) is 19.0. The zero-order chi connectivity index (χ0) is 28.9. The van der Waals surface area contributed by atoms with Crippen LogP contribution >= 0.6 is 11.6 Å². The Balaban J connectivity index is 1.53. The molecule has 0 atom stereocenters. The fraction of sp³-hybridized carbons (Fsp3) is 0.138. The van der Waals surface area contributed by atoms with Gasteiger partial charge in [0.25, 0.3) is 20.0 Å². The highest BCUT2D eigenvalue weighted by Gasteiger charge is 2.27. The van der Waals surface area contributed by atoms with Gasteiger partial charge >= 0.3 is 0 Å². The number of anilines is 3. The van der Waals surface area contributed by atoms with Gasteiger partial charge in [-0.15, -0.1) is 0 Å². The molecule has 0 saturated heterocycles. The third-order valence-electron chi connectivity index (χ3n) is 6.07. The normalized spacial score (nSPS) is 11.6. The van der Waals surface area contributed by atoms with Gasteiger partial charge in [-0.05, 0) is 91.7 Å². The minimum atomic E-state index is -4.06. The van der Waals surface area contributed by atoms with Gasteiger partial charge in [0.1, 0.15) is 6.54 Å². The number of amides is 1. The average molecular weight is 598 g/mol. The van der Waals surface area contributed by atoms with Crippen LogP contribution in [0.5, 0.6) is 0 Å². The summed E-state index contributed by atoms with van der Waals surface area (Å²) in [6.45, 7) is 3.36. The standard InChI is InChI=1S/C29H28ClN3O5S2/c1-3-22-6-14-26(15-7-22)33(40(37,38)28-16-4-21(2)5-17-28)20-29(34)31-24-12-18-27(19-13-24)39(35,36)32-25-10-8-23(30)9-11-25/h4-19,32H,3,20H2,1-2H3,(H,31,34). The average Bonchev–Trinajstić information content (AvgIpc) is 2.93. The SMILES string of the molecule is CCc1ccc(N(CC(=O)Nc2ccc(S(=O)(=O)Nc3ccc(Cl)cc3)cc2)S(=O)(=O)c2ccc(C)cc2)cc1. The van der Waals surface area contributed by atoms with Crippen LogP contribution in [0.15, 0.2) is 107 Å². The third-order valence-corrected chi connectivity index (χ3v) is 9.51. The summed E-state index contributed by atoms with van der Waals surface area (Å²) in [7, 11) is -7.94. The van der Waals surface area contributed by atoms with Crippen LogP contribution in [-0.4, -0.2) is 29.3 Å². The molecule has 11 heteroatoms. The summed E-state index contributed by atoms with van der Waals surface area (Å²) < 4.78 is 56.1. The number of halogens is 1. The Kier molecular flexibility index (Phi) is 8.82. The Bertz CT molecular complexity index is 1690. The molecule has 0 spiro atoms. The highest BCUT2D eigenvalue weighted by atomic mass is 35.5. The molecule has 40 heavy (non-hydrogen) atoms. The van der Waals surface area contributed by atoms with Crippen LogP contribution in [0.25, 0.3) is 0 Å². The summed E-state index contributed by atoms with van der Waals surface area (Å²) in [6.07, 6.45) is 0.784. The van der Waals surface area contributed by atoms with Gasteiger partial charge in [-0.2, -0.15) is 0 Å². The number of nitrogens with zero attached hydrogens (tertiary/aromatic N) is 1. The van der Waals surface area contributed by atoms with E-state index in [0.717, 1.165) is 21.9 Å². The molecule has 0 fully saturated rings. The summed E-state index contributed by atoms with van der Waals surface area (Å²) in [6, 6.07) is 25.2. The second-order valence-corrected chi connectivity index (χ2v) is 13.0. The molecule has 0 aliphatic carbocycles. The quantitative estimate of drug-likeness (QED) is 0.238. The van der Waals surface area contributed by atoms with E-state index >= 15 is 0 Å². The molecule has 0 unspecified atom stereocenters. The van der Waals surface area contributed by atoms with Gasteiger partial charge in [0.2, 0.25) is 5.91 Å². The van der Waals surface area contributed by atoms with Crippen molar-refractivity contribution in [1.82, 2.24) is 0 Å². The van der Waals surface area contributed by atoms with Crippen LogP contribution in [-0.2, 0) is 31.3 Å². The van der Waals surface area contributed by atoms with Crippen LogP contribution in [0.1, 0.15) is 18.1 Å². The summed E-state index contributed by atoms with van der Waals surface area (Å²) in [5.41, 5.74) is 2.95. The van der Waals surface area contributed by atoms with Gasteiger partial charge in [0.15, 0.2) is 0 Å². The molecule has 2 N–H and O–H groups in total. The summed E-state index contributed by atoms with van der Waals surface area (Å²) in [4.78, 5) is 13.1. The van der Waals surface area contributed by atoms with Crippen molar-refractivity contribution in [2.24, 2.45) is 0 Å². The molecule has 0 bridgehead atoms. The summed E-state index contributed by atoms with van der Waals surface area (Å²) in [5, 5.41) is 3.14. The number of aryl methyl sites for hydroxylation is 2. The van der Waals surface area contributed by atoms with E-state index in [-0.39, 0.29) is 9.79 Å². The van der Waals surface area contributed by atoms with E-state index in [1.807, 2.05) is 26.0 Å². The maximum Gasteiger partial charge on any atom is 0.264 e. The van der Waals surface area contributed by atoms with Gasteiger partial charge in [-0.25, -0.2) is 16.8 Å². The van der Waals surface area contributed by atoms with Gasteiger partial charge in [0.05, 0.1) is 15.5 Å². The van der Waals surface area contributed by atoms with E-state index in [2.05, 4.69) is 10.0 Å². The number of benzene rings is 4. The fourth-order valence-corrected chi connectivity index (χ4v) is 6.44. The molecule has 4 aromatic carbocycles. The van der Waals surface area contributed by atoms with Crippen molar-refractivity contribution in [2.45, 2.75) is 30.1 Å². The number of sulfonamides is 2. The Morgan fingerprint density at radius 3 is 1.88 bits per heavy atom. The van der Waals surface area contributed by atoms with Gasteiger partial charge in [-0.3, -0.25) is 13.8 Å². The maximum absolute atomic E-state index is 13.6. The van der Waals surface area contributed by atoms with Crippen LogP contribution in [0, 0.1) is 6.92 Å². The van der Waals surface area contributed by atoms with Crippen molar-refractivity contribution in [3.63, 3.8) is 0 Å². The minimum absolute atomic E-state index is 0.0139. The zero-order valence-electron chi connectivity index (χ0n) is 21.8. The highest BCUT2D eigenvalue weighted by Crippen LogP contribution is 2.25. The predicted molar refractivity (Wildman–Crippen MR) is 159 cm³/mol. The Morgan fingerprint density at radius 2 is 1.30 bits per heavy atom. The van der Waals surface area contributed by atoms with E-state index < -0.39 is 32.5 Å². The maximum atomic E-state index is 13.6. The molecule has 0 saturated carbocycles. The summed E-state index contributed by atoms with van der Waals surface area (Å²) in [5.74, 6) is -0.592. The van der Waals surface area contributed by atoms with E-state index in [1.54, 1.807) is 48.5 Å². The monoisotopic (exact) mass is 597 g/mol. The number of nitrogens with one attached hydrogen (secondary N) is 2. The molecular formula is C29H28ClN3O5S2. The second-order valence-electron chi connectivity index (χ2n) is 9.03. The molecule has 4 aromatic rings. The van der Waals surface area contributed by atoms with Crippen molar-refractivity contribution in [1.29, 1.82) is 0 Å². The molecule has 1 amide bonds. The van der Waals surface area contributed by atoms with E-state index in [1.165, 1.54) is 36.4 Å². The molecule has 0 heterocycles. The molecular weight excluding hydrogens is 570 g/mol. The van der Waals surface area contributed by atoms with Gasteiger partial charge in [0, 0.05) is 16.4 Å². The second kappa shape index (κ2) is 12.1. The topological polar surface area (TPSA) is 113 Å². The lowest BCUT2D eigenvalue weighted by Crippen LogP contribution is -2.38. The highest BCUT2D eigenvalue weighted by molar-refractivity contribution is 7.93. The van der Waals surface area contributed by atoms with Gasteiger partial charge in [-0.1, -0.05) is 48.4 Å². The summed E-state index contributed by atoms with van der Waals surface area (Å²) >= 11 is 5.85. The van der Waals surface area contributed by atoms with Crippen molar-refractivity contribution in [3.8, 4) is 0 Å².